The summed E-state index contributed by atoms with van der Waals surface area (Å²) in [6.45, 7) is 8.30. The van der Waals surface area contributed by atoms with Crippen LogP contribution in [0.2, 0.25) is 0 Å². The highest BCUT2D eigenvalue weighted by molar-refractivity contribution is 7.52. The Morgan fingerprint density at radius 3 is 2.70 bits per heavy atom. The predicted molar refractivity (Wildman–Crippen MR) is 170 cm³/mol. The van der Waals surface area contributed by atoms with Crippen molar-refractivity contribution in [2.75, 3.05) is 20.3 Å². The third-order valence-corrected chi connectivity index (χ3v) is 9.49. The molecule has 15 nitrogen and oxygen atoms in total. The average molecular weight is 663 g/mol. The fraction of sp³-hybridized carbons (Fsp3) is 0.567. The molecule has 9 atom stereocenters. The second kappa shape index (κ2) is 13.1. The Balaban J connectivity index is 1.35. The number of nitrogens with one attached hydrogen (secondary N) is 2. The van der Waals surface area contributed by atoms with E-state index in [1.807, 2.05) is 45.0 Å². The summed E-state index contributed by atoms with van der Waals surface area (Å²) in [5, 5.41) is 29.7. The molecule has 0 radical (unpaired) electrons. The fourth-order valence-electron chi connectivity index (χ4n) is 5.43. The summed E-state index contributed by atoms with van der Waals surface area (Å²) in [5.74, 6) is -0.288. The summed E-state index contributed by atoms with van der Waals surface area (Å²) in [6.07, 6.45) is -3.60. The molecular formula is C30H43N6O9P. The number of nitrogens with two attached hydrogens (primary N) is 1. The van der Waals surface area contributed by atoms with Gasteiger partial charge in [-0.2, -0.15) is 5.09 Å². The van der Waals surface area contributed by atoms with Gasteiger partial charge in [0, 0.05) is 12.5 Å². The van der Waals surface area contributed by atoms with E-state index in [4.69, 9.17) is 29.0 Å². The minimum Gasteiger partial charge on any atom is -0.464 e. The maximum absolute atomic E-state index is 14.4. The third kappa shape index (κ3) is 7.15. The van der Waals surface area contributed by atoms with E-state index in [-0.39, 0.29) is 23.7 Å². The number of carbonyl (C=O) groups excluding carboxylic acids is 1. The highest BCUT2D eigenvalue weighted by Gasteiger charge is 2.58. The molecule has 6 N–H and O–H groups in total. The number of methoxy groups -OCH3 is 1. The molecule has 1 saturated heterocycles. The number of aliphatic hydroxyl groups is 2. The lowest BCUT2D eigenvalue weighted by Crippen LogP contribution is -2.61. The number of carbonyl (C=O) groups is 1. The summed E-state index contributed by atoms with van der Waals surface area (Å²) >= 11 is 0. The molecule has 0 saturated carbocycles. The molecule has 46 heavy (non-hydrogen) atoms. The van der Waals surface area contributed by atoms with Crippen LogP contribution in [0.3, 0.4) is 0 Å². The van der Waals surface area contributed by atoms with Crippen LogP contribution in [-0.4, -0.2) is 102 Å². The van der Waals surface area contributed by atoms with Crippen molar-refractivity contribution < 1.29 is 42.8 Å². The molecule has 16 heteroatoms. The maximum Gasteiger partial charge on any atom is 0.459 e. The predicted octanol–water partition coefficient (Wildman–Crippen LogP) is 1.68. The zero-order valence-corrected chi connectivity index (χ0v) is 27.6. The lowest BCUT2D eigenvalue weighted by molar-refractivity contribution is -0.148. The zero-order chi connectivity index (χ0) is 33.4. The number of fused-ring (bicyclic) bond motifs is 2. The lowest BCUT2D eigenvalue weighted by Gasteiger charge is -2.39. The maximum atomic E-state index is 14.4. The lowest BCUT2D eigenvalue weighted by atomic mass is 9.95. The zero-order valence-electron chi connectivity index (χ0n) is 26.7. The van der Waals surface area contributed by atoms with E-state index >= 15 is 0 Å². The van der Waals surface area contributed by atoms with Crippen LogP contribution < -0.4 is 20.7 Å². The Bertz CT molecular complexity index is 1530. The molecule has 0 amide bonds. The van der Waals surface area contributed by atoms with Gasteiger partial charge in [-0.25, -0.2) is 9.56 Å². The van der Waals surface area contributed by atoms with Crippen LogP contribution in [0.4, 0.5) is 0 Å². The minimum absolute atomic E-state index is 0.120. The Labute approximate surface area is 267 Å². The molecule has 0 bridgehead atoms. The van der Waals surface area contributed by atoms with Gasteiger partial charge in [-0.05, 0) is 30.7 Å². The number of hydrogen-bond donors (Lipinski definition) is 5. The SMILES string of the molecule is COC1NC(N)=NC2C1N=CN2[C@@H]1O[C@H](COP(=O)(N[C@@H](C)C(=O)OCC(C)(C)C)Oc2cccc3ccccc23)[C@@H](O)[C@@]1(C)O. The first-order valence-electron chi connectivity index (χ1n) is 15.0. The van der Waals surface area contributed by atoms with Crippen molar-refractivity contribution in [1.29, 1.82) is 0 Å². The number of aliphatic hydroxyl groups excluding tert-OH is 1. The van der Waals surface area contributed by atoms with Crippen LogP contribution in [0.1, 0.15) is 34.6 Å². The van der Waals surface area contributed by atoms with Crippen LogP contribution >= 0.6 is 7.75 Å². The van der Waals surface area contributed by atoms with Crippen molar-refractivity contribution in [3.05, 3.63) is 42.5 Å². The number of aliphatic imine (C=N–C) groups is 2. The normalized spacial score (nSPS) is 31.1. The van der Waals surface area contributed by atoms with Crippen molar-refractivity contribution in [2.24, 2.45) is 21.1 Å². The van der Waals surface area contributed by atoms with Crippen LogP contribution in [0.5, 0.6) is 5.75 Å². The highest BCUT2D eigenvalue weighted by atomic mass is 31.2. The first kappa shape index (κ1) is 34.0. The van der Waals surface area contributed by atoms with Gasteiger partial charge in [-0.3, -0.25) is 14.3 Å². The molecule has 2 aromatic carbocycles. The Hall–Kier alpha value is -3.30. The number of rotatable bonds is 11. The minimum atomic E-state index is -4.36. The Morgan fingerprint density at radius 1 is 1.26 bits per heavy atom. The van der Waals surface area contributed by atoms with Gasteiger partial charge in [0.15, 0.2) is 24.6 Å². The van der Waals surface area contributed by atoms with Gasteiger partial charge in [0.1, 0.15) is 35.6 Å². The molecule has 0 spiro atoms. The van der Waals surface area contributed by atoms with E-state index in [1.54, 1.807) is 23.1 Å². The summed E-state index contributed by atoms with van der Waals surface area (Å²) in [5.41, 5.74) is 3.83. The van der Waals surface area contributed by atoms with Gasteiger partial charge >= 0.3 is 13.7 Å². The monoisotopic (exact) mass is 662 g/mol. The molecular weight excluding hydrogens is 619 g/mol. The number of esters is 1. The summed E-state index contributed by atoms with van der Waals surface area (Å²) in [6, 6.07) is 11.0. The molecule has 0 aromatic heterocycles. The van der Waals surface area contributed by atoms with E-state index in [0.29, 0.717) is 5.39 Å². The Kier molecular flexibility index (Phi) is 9.67. The molecule has 3 heterocycles. The van der Waals surface area contributed by atoms with Gasteiger partial charge in [0.05, 0.1) is 19.6 Å². The molecule has 5 rings (SSSR count). The Morgan fingerprint density at radius 2 is 1.98 bits per heavy atom. The van der Waals surface area contributed by atoms with E-state index in [9.17, 15) is 19.6 Å². The molecule has 0 aliphatic carbocycles. The second-order valence-electron chi connectivity index (χ2n) is 13.0. The highest BCUT2D eigenvalue weighted by Crippen LogP contribution is 2.48. The molecule has 4 unspecified atom stereocenters. The summed E-state index contributed by atoms with van der Waals surface area (Å²) in [4.78, 5) is 23.2. The van der Waals surface area contributed by atoms with Crippen LogP contribution in [0, 0.1) is 5.41 Å². The van der Waals surface area contributed by atoms with Gasteiger partial charge in [0.2, 0.25) is 0 Å². The number of guanidine groups is 1. The second-order valence-corrected chi connectivity index (χ2v) is 14.7. The van der Waals surface area contributed by atoms with Gasteiger partial charge in [0.25, 0.3) is 0 Å². The van der Waals surface area contributed by atoms with Crippen molar-refractivity contribution >= 4 is 36.8 Å². The topological polar surface area (TPSA) is 199 Å². The van der Waals surface area contributed by atoms with E-state index in [2.05, 4.69) is 20.4 Å². The standard InChI is InChI=1S/C30H43N6O9P/c1-17(26(38)42-15-29(2,3)4)35-46(40,45-20-13-9-11-18-10-7-8-12-19(18)20)43-14-21-23(37)30(5,39)27(44-21)36-16-32-22-24(36)33-28(31)34-25(22)41-6/h7-13,16-17,21-25,27,37,39H,14-15H2,1-6H3,(H,35,40)(H3,31,33,34)/t17-,21+,22?,23+,24?,25?,27+,30+,46?/m0/s1. The van der Waals surface area contributed by atoms with Crippen LogP contribution in [-0.2, 0) is 28.1 Å². The first-order valence-corrected chi connectivity index (χ1v) is 16.5. The third-order valence-electron chi connectivity index (χ3n) is 7.86. The smallest absolute Gasteiger partial charge is 0.459 e. The first-order chi connectivity index (χ1) is 21.6. The fourth-order valence-corrected chi connectivity index (χ4v) is 6.95. The van der Waals surface area contributed by atoms with E-state index < -0.39 is 68.8 Å². The van der Waals surface area contributed by atoms with Crippen molar-refractivity contribution in [3.63, 3.8) is 0 Å². The largest absolute Gasteiger partial charge is 0.464 e. The van der Waals surface area contributed by atoms with E-state index in [0.717, 1.165) is 5.39 Å². The van der Waals surface area contributed by atoms with Crippen molar-refractivity contribution in [3.8, 4) is 5.75 Å². The molecule has 252 valence electrons. The van der Waals surface area contributed by atoms with Gasteiger partial charge < -0.3 is 44.9 Å². The van der Waals surface area contributed by atoms with Gasteiger partial charge in [-0.15, -0.1) is 0 Å². The molecule has 3 aliphatic rings. The molecule has 2 aromatic rings. The van der Waals surface area contributed by atoms with Gasteiger partial charge in [-0.1, -0.05) is 57.2 Å². The van der Waals surface area contributed by atoms with E-state index in [1.165, 1.54) is 27.3 Å². The quantitative estimate of drug-likeness (QED) is 0.172. The van der Waals surface area contributed by atoms with Crippen LogP contribution in [0.25, 0.3) is 10.8 Å². The summed E-state index contributed by atoms with van der Waals surface area (Å²) in [7, 11) is -2.85. The number of nitrogens with zero attached hydrogens (tertiary/aromatic N) is 3. The average Bonchev–Trinajstić information content (AvgIpc) is 3.51. The number of benzene rings is 2. The number of hydrogen-bond acceptors (Lipinski definition) is 14. The number of ether oxygens (including phenoxy) is 3. The van der Waals surface area contributed by atoms with Crippen LogP contribution in [0.15, 0.2) is 52.4 Å². The summed E-state index contributed by atoms with van der Waals surface area (Å²) < 4.78 is 43.2. The van der Waals surface area contributed by atoms with Crippen molar-refractivity contribution in [2.45, 2.75) is 83.1 Å². The van der Waals surface area contributed by atoms with Crippen molar-refractivity contribution in [1.82, 2.24) is 15.3 Å². The molecule has 3 aliphatic heterocycles. The molecule has 1 fully saturated rings.